The third-order valence-corrected chi connectivity index (χ3v) is 6.52. The van der Waals surface area contributed by atoms with Gasteiger partial charge in [0, 0.05) is 48.6 Å². The molecule has 0 aliphatic carbocycles. The van der Waals surface area contributed by atoms with Crippen LogP contribution in [0.25, 0.3) is 6.08 Å². The normalized spacial score (nSPS) is 21.7. The van der Waals surface area contributed by atoms with E-state index < -0.39 is 0 Å². The molecular formula is C23H29N3O2S. The van der Waals surface area contributed by atoms with Gasteiger partial charge in [-0.05, 0) is 36.1 Å². The van der Waals surface area contributed by atoms with Crippen molar-refractivity contribution < 1.29 is 9.53 Å². The van der Waals surface area contributed by atoms with Crippen molar-refractivity contribution in [2.45, 2.75) is 20.3 Å². The number of anilines is 1. The Bertz CT molecular complexity index is 870. The van der Waals surface area contributed by atoms with Crippen LogP contribution in [0, 0.1) is 5.41 Å². The van der Waals surface area contributed by atoms with Crippen LogP contribution in [0.4, 0.5) is 5.82 Å². The van der Waals surface area contributed by atoms with Crippen LogP contribution < -0.4 is 4.90 Å². The van der Waals surface area contributed by atoms with Gasteiger partial charge in [-0.1, -0.05) is 26.0 Å². The first-order valence-corrected chi connectivity index (χ1v) is 11.2. The van der Waals surface area contributed by atoms with E-state index in [1.54, 1.807) is 11.3 Å². The van der Waals surface area contributed by atoms with Gasteiger partial charge < -0.3 is 9.64 Å². The SMILES string of the molecule is CC1(C)CN(CCc2cccs2)C/C(=C\c2cccc(N3CCOCC3)n2)C1=O. The van der Waals surface area contributed by atoms with Gasteiger partial charge in [0.15, 0.2) is 5.78 Å². The van der Waals surface area contributed by atoms with E-state index in [2.05, 4.69) is 41.2 Å². The minimum Gasteiger partial charge on any atom is -0.378 e. The van der Waals surface area contributed by atoms with Gasteiger partial charge in [0.1, 0.15) is 5.82 Å². The molecule has 0 radical (unpaired) electrons. The van der Waals surface area contributed by atoms with Crippen molar-refractivity contribution in [3.05, 3.63) is 51.9 Å². The minimum atomic E-state index is -0.374. The lowest BCUT2D eigenvalue weighted by molar-refractivity contribution is -0.126. The van der Waals surface area contributed by atoms with Gasteiger partial charge in [-0.15, -0.1) is 11.3 Å². The summed E-state index contributed by atoms with van der Waals surface area (Å²) in [5.74, 6) is 1.20. The molecule has 0 saturated carbocycles. The Hall–Kier alpha value is -2.02. The smallest absolute Gasteiger partial charge is 0.167 e. The predicted molar refractivity (Wildman–Crippen MR) is 118 cm³/mol. The Morgan fingerprint density at radius 2 is 2.03 bits per heavy atom. The van der Waals surface area contributed by atoms with Crippen LogP contribution in [0.5, 0.6) is 0 Å². The highest BCUT2D eigenvalue weighted by Gasteiger charge is 2.37. The zero-order valence-electron chi connectivity index (χ0n) is 17.3. The number of piperidine rings is 1. The molecule has 0 amide bonds. The number of thiophene rings is 1. The molecule has 2 aromatic rings. The molecule has 4 rings (SSSR count). The number of nitrogens with zero attached hydrogens (tertiary/aromatic N) is 3. The number of carbonyl (C=O) groups excluding carboxylic acids is 1. The predicted octanol–water partition coefficient (Wildman–Crippen LogP) is 3.52. The standard InChI is InChI=1S/C23H29N3O2S/c1-23(2)17-25(9-8-20-6-4-14-29-20)16-18(22(23)27)15-19-5-3-7-21(24-19)26-10-12-28-13-11-26/h3-7,14-15H,8-13,16-17H2,1-2H3/b18-15+. The summed E-state index contributed by atoms with van der Waals surface area (Å²) >= 11 is 1.80. The van der Waals surface area contributed by atoms with Crippen molar-refractivity contribution in [2.24, 2.45) is 5.41 Å². The molecule has 0 aromatic carbocycles. The molecule has 0 spiro atoms. The third kappa shape index (κ3) is 4.94. The fraction of sp³-hybridized carbons (Fsp3) is 0.478. The first kappa shape index (κ1) is 20.3. The highest BCUT2D eigenvalue weighted by Crippen LogP contribution is 2.30. The van der Waals surface area contributed by atoms with E-state index in [4.69, 9.17) is 9.72 Å². The van der Waals surface area contributed by atoms with E-state index in [0.717, 1.165) is 62.9 Å². The zero-order chi connectivity index (χ0) is 20.3. The second-order valence-electron chi connectivity index (χ2n) is 8.44. The average Bonchev–Trinajstić information content (AvgIpc) is 3.24. The summed E-state index contributed by atoms with van der Waals surface area (Å²) in [5, 5.41) is 2.12. The first-order valence-electron chi connectivity index (χ1n) is 10.3. The number of ketones is 1. The van der Waals surface area contributed by atoms with Gasteiger partial charge in [0.25, 0.3) is 0 Å². The molecule has 0 bridgehead atoms. The van der Waals surface area contributed by atoms with E-state index in [1.807, 2.05) is 24.3 Å². The molecule has 2 aliphatic rings. The lowest BCUT2D eigenvalue weighted by Gasteiger charge is -2.38. The number of ether oxygens (including phenoxy) is 1. The highest BCUT2D eigenvalue weighted by atomic mass is 32.1. The number of hydrogen-bond donors (Lipinski definition) is 0. The van der Waals surface area contributed by atoms with Crippen LogP contribution >= 0.6 is 11.3 Å². The monoisotopic (exact) mass is 411 g/mol. The molecular weight excluding hydrogens is 382 g/mol. The molecule has 0 atom stereocenters. The molecule has 4 heterocycles. The second-order valence-corrected chi connectivity index (χ2v) is 9.47. The first-order chi connectivity index (χ1) is 14.0. The Morgan fingerprint density at radius 3 is 2.79 bits per heavy atom. The van der Waals surface area contributed by atoms with E-state index in [9.17, 15) is 4.79 Å². The van der Waals surface area contributed by atoms with Crippen molar-refractivity contribution in [1.29, 1.82) is 0 Å². The van der Waals surface area contributed by atoms with Gasteiger partial charge in [0.05, 0.1) is 18.9 Å². The summed E-state index contributed by atoms with van der Waals surface area (Å²) in [4.78, 5) is 23.9. The lowest BCUT2D eigenvalue weighted by atomic mass is 9.79. The van der Waals surface area contributed by atoms with Crippen molar-refractivity contribution in [3.8, 4) is 0 Å². The molecule has 5 nitrogen and oxygen atoms in total. The van der Waals surface area contributed by atoms with Gasteiger partial charge in [0.2, 0.25) is 0 Å². The maximum atomic E-state index is 13.1. The van der Waals surface area contributed by atoms with Crippen LogP contribution in [-0.2, 0) is 16.0 Å². The number of morpholine rings is 1. The fourth-order valence-corrected chi connectivity index (χ4v) is 4.79. The van der Waals surface area contributed by atoms with Gasteiger partial charge >= 0.3 is 0 Å². The fourth-order valence-electron chi connectivity index (χ4n) is 4.09. The number of pyridine rings is 1. The lowest BCUT2D eigenvalue weighted by Crippen LogP contribution is -2.48. The van der Waals surface area contributed by atoms with Crippen LogP contribution in [0.15, 0.2) is 41.3 Å². The van der Waals surface area contributed by atoms with Crippen molar-refractivity contribution in [3.63, 3.8) is 0 Å². The largest absolute Gasteiger partial charge is 0.378 e. The maximum absolute atomic E-state index is 13.1. The molecule has 2 aromatic heterocycles. The molecule has 6 heteroatoms. The molecule has 0 unspecified atom stereocenters. The van der Waals surface area contributed by atoms with Crippen LogP contribution in [0.2, 0.25) is 0 Å². The Morgan fingerprint density at radius 1 is 1.21 bits per heavy atom. The summed E-state index contributed by atoms with van der Waals surface area (Å²) in [7, 11) is 0. The molecule has 154 valence electrons. The van der Waals surface area contributed by atoms with Crippen molar-refractivity contribution >= 4 is 29.0 Å². The van der Waals surface area contributed by atoms with Crippen molar-refractivity contribution in [1.82, 2.24) is 9.88 Å². The summed E-state index contributed by atoms with van der Waals surface area (Å²) in [6, 6.07) is 10.3. The van der Waals surface area contributed by atoms with Crippen LogP contribution in [-0.4, -0.2) is 61.6 Å². The number of hydrogen-bond acceptors (Lipinski definition) is 6. The topological polar surface area (TPSA) is 45.7 Å². The zero-order valence-corrected chi connectivity index (χ0v) is 18.1. The number of likely N-dealkylation sites (tertiary alicyclic amines) is 1. The summed E-state index contributed by atoms with van der Waals surface area (Å²) in [6.07, 6.45) is 3.02. The van der Waals surface area contributed by atoms with E-state index in [0.29, 0.717) is 6.54 Å². The van der Waals surface area contributed by atoms with Crippen LogP contribution in [0.3, 0.4) is 0 Å². The highest BCUT2D eigenvalue weighted by molar-refractivity contribution is 7.09. The number of carbonyl (C=O) groups is 1. The van der Waals surface area contributed by atoms with Gasteiger partial charge in [-0.25, -0.2) is 4.98 Å². The van der Waals surface area contributed by atoms with Gasteiger partial charge in [-0.3, -0.25) is 9.69 Å². The Balaban J connectivity index is 1.51. The maximum Gasteiger partial charge on any atom is 0.167 e. The Labute approximate surface area is 177 Å². The van der Waals surface area contributed by atoms with E-state index in [1.165, 1.54) is 4.88 Å². The summed E-state index contributed by atoms with van der Waals surface area (Å²) in [6.45, 7) is 9.75. The number of Topliss-reactive ketones (excluding diaryl/α,β-unsaturated/α-hetero) is 1. The number of aromatic nitrogens is 1. The Kier molecular flexibility index (Phi) is 6.13. The summed E-state index contributed by atoms with van der Waals surface area (Å²) in [5.41, 5.74) is 1.34. The third-order valence-electron chi connectivity index (χ3n) is 5.59. The molecule has 29 heavy (non-hydrogen) atoms. The van der Waals surface area contributed by atoms with E-state index in [-0.39, 0.29) is 11.2 Å². The molecule has 2 fully saturated rings. The van der Waals surface area contributed by atoms with Crippen LogP contribution in [0.1, 0.15) is 24.4 Å². The second kappa shape index (κ2) is 8.78. The molecule has 2 aliphatic heterocycles. The van der Waals surface area contributed by atoms with Gasteiger partial charge in [-0.2, -0.15) is 0 Å². The summed E-state index contributed by atoms with van der Waals surface area (Å²) < 4.78 is 5.44. The average molecular weight is 412 g/mol. The molecule has 2 saturated heterocycles. The molecule has 0 N–H and O–H groups in total. The van der Waals surface area contributed by atoms with Crippen molar-refractivity contribution in [2.75, 3.05) is 50.8 Å². The van der Waals surface area contributed by atoms with E-state index >= 15 is 0 Å². The number of rotatable bonds is 5. The quantitative estimate of drug-likeness (QED) is 0.705. The minimum absolute atomic E-state index is 0.239.